The number of piperazine rings is 1. The number of nitrogens with zero attached hydrogens (tertiary/aromatic N) is 2. The third-order valence-electron chi connectivity index (χ3n) is 4.50. The summed E-state index contributed by atoms with van der Waals surface area (Å²) in [5.41, 5.74) is 2.73. The molecule has 2 atom stereocenters. The van der Waals surface area contributed by atoms with E-state index in [-0.39, 0.29) is 23.6 Å². The molecule has 1 amide bonds. The van der Waals surface area contributed by atoms with Crippen LogP contribution in [0.15, 0.2) is 24.3 Å². The van der Waals surface area contributed by atoms with Gasteiger partial charge in [0.1, 0.15) is 0 Å². The number of amides is 1. The van der Waals surface area contributed by atoms with Crippen molar-refractivity contribution in [2.24, 2.45) is 0 Å². The van der Waals surface area contributed by atoms with Gasteiger partial charge >= 0.3 is 6.09 Å². The summed E-state index contributed by atoms with van der Waals surface area (Å²) in [5.74, 6) is 0. The molecule has 1 aromatic carbocycles. The Kier molecular flexibility index (Phi) is 5.23. The average Bonchev–Trinajstić information content (AvgIpc) is 2.46. The minimum atomic E-state index is -0.199. The average molecular weight is 318 g/mol. The Labute approximate surface area is 140 Å². The fourth-order valence-corrected chi connectivity index (χ4v) is 3.26. The molecule has 0 unspecified atom stereocenters. The fraction of sp³-hybridized carbons (Fsp3) is 0.632. The number of hydrogen-bond donors (Lipinski definition) is 0. The Morgan fingerprint density at radius 3 is 2.09 bits per heavy atom. The number of carbonyl (C=O) groups is 1. The van der Waals surface area contributed by atoms with Crippen LogP contribution in [-0.4, -0.2) is 42.8 Å². The van der Waals surface area contributed by atoms with E-state index in [4.69, 9.17) is 4.74 Å². The molecule has 0 N–H and O–H groups in total. The molecule has 0 aliphatic carbocycles. The molecule has 128 valence electrons. The van der Waals surface area contributed by atoms with Gasteiger partial charge in [-0.1, -0.05) is 32.9 Å². The molecule has 2 rings (SSSR count). The van der Waals surface area contributed by atoms with Crippen molar-refractivity contribution in [3.63, 3.8) is 0 Å². The molecule has 1 saturated heterocycles. The number of carbonyl (C=O) groups excluding carboxylic acids is 1. The van der Waals surface area contributed by atoms with Crippen molar-refractivity contribution in [3.8, 4) is 0 Å². The van der Waals surface area contributed by atoms with Crippen molar-refractivity contribution < 1.29 is 9.53 Å². The standard InChI is InChI=1S/C19H30N2O2/c1-7-23-18(22)21-14(2)12-20(13-15(21)3)17-10-8-16(9-11-17)19(4,5)6/h8-11,14-15H,7,12-13H2,1-6H3/t14-,15-/m1/s1. The van der Waals surface area contributed by atoms with Gasteiger partial charge in [0.2, 0.25) is 0 Å². The summed E-state index contributed by atoms with van der Waals surface area (Å²) in [6, 6.07) is 9.09. The molecule has 4 heteroatoms. The van der Waals surface area contributed by atoms with E-state index < -0.39 is 0 Å². The van der Waals surface area contributed by atoms with Crippen molar-refractivity contribution in [3.05, 3.63) is 29.8 Å². The van der Waals surface area contributed by atoms with Gasteiger partial charge in [-0.05, 0) is 43.9 Å². The van der Waals surface area contributed by atoms with Gasteiger partial charge in [-0.2, -0.15) is 0 Å². The maximum atomic E-state index is 12.1. The summed E-state index contributed by atoms with van der Waals surface area (Å²) in [6.07, 6.45) is -0.199. The first-order valence-electron chi connectivity index (χ1n) is 8.54. The molecular formula is C19H30N2O2. The zero-order chi connectivity index (χ0) is 17.2. The van der Waals surface area contributed by atoms with Crippen molar-refractivity contribution >= 4 is 11.8 Å². The highest BCUT2D eigenvalue weighted by Gasteiger charge is 2.33. The van der Waals surface area contributed by atoms with Gasteiger partial charge in [0.15, 0.2) is 0 Å². The Morgan fingerprint density at radius 2 is 1.65 bits per heavy atom. The minimum Gasteiger partial charge on any atom is -0.450 e. The van der Waals surface area contributed by atoms with E-state index in [2.05, 4.69) is 63.8 Å². The van der Waals surface area contributed by atoms with Gasteiger partial charge in [-0.15, -0.1) is 0 Å². The smallest absolute Gasteiger partial charge is 0.410 e. The molecule has 0 saturated carbocycles. The third-order valence-corrected chi connectivity index (χ3v) is 4.50. The van der Waals surface area contributed by atoms with Crippen molar-refractivity contribution in [2.75, 3.05) is 24.6 Å². The summed E-state index contributed by atoms with van der Waals surface area (Å²) in [6.45, 7) is 14.8. The first-order chi connectivity index (χ1) is 10.7. The summed E-state index contributed by atoms with van der Waals surface area (Å²) in [7, 11) is 0. The molecular weight excluding hydrogens is 288 g/mol. The first-order valence-corrected chi connectivity index (χ1v) is 8.54. The van der Waals surface area contributed by atoms with Crippen LogP contribution in [0, 0.1) is 0 Å². The zero-order valence-corrected chi connectivity index (χ0v) is 15.3. The van der Waals surface area contributed by atoms with E-state index >= 15 is 0 Å². The molecule has 0 bridgehead atoms. The van der Waals surface area contributed by atoms with Gasteiger partial charge < -0.3 is 9.64 Å². The van der Waals surface area contributed by atoms with E-state index in [1.54, 1.807) is 0 Å². The lowest BCUT2D eigenvalue weighted by Crippen LogP contribution is -2.58. The molecule has 1 aliphatic heterocycles. The molecule has 1 fully saturated rings. The maximum absolute atomic E-state index is 12.1. The van der Waals surface area contributed by atoms with E-state index in [1.807, 2.05) is 11.8 Å². The Morgan fingerprint density at radius 1 is 1.13 bits per heavy atom. The van der Waals surface area contributed by atoms with Gasteiger partial charge in [0.05, 0.1) is 18.7 Å². The van der Waals surface area contributed by atoms with E-state index in [9.17, 15) is 4.79 Å². The lowest BCUT2D eigenvalue weighted by molar-refractivity contribution is 0.0698. The summed E-state index contributed by atoms with van der Waals surface area (Å²) >= 11 is 0. The van der Waals surface area contributed by atoms with Crippen LogP contribution in [0.1, 0.15) is 47.1 Å². The van der Waals surface area contributed by atoms with Crippen LogP contribution in [0.5, 0.6) is 0 Å². The second-order valence-electron chi connectivity index (χ2n) is 7.51. The van der Waals surface area contributed by atoms with Crippen molar-refractivity contribution in [1.82, 2.24) is 4.90 Å². The molecule has 1 aliphatic rings. The SMILES string of the molecule is CCOC(=O)N1[C@H](C)CN(c2ccc(C(C)(C)C)cc2)C[C@H]1C. The number of benzene rings is 1. The monoisotopic (exact) mass is 318 g/mol. The second kappa shape index (κ2) is 6.81. The Bertz CT molecular complexity index is 521. The minimum absolute atomic E-state index is 0.139. The summed E-state index contributed by atoms with van der Waals surface area (Å²) < 4.78 is 5.18. The molecule has 0 radical (unpaired) electrons. The van der Waals surface area contributed by atoms with E-state index in [0.717, 1.165) is 13.1 Å². The quantitative estimate of drug-likeness (QED) is 0.825. The predicted octanol–water partition coefficient (Wildman–Crippen LogP) is 4.04. The number of anilines is 1. The van der Waals surface area contributed by atoms with Crippen LogP contribution in [0.4, 0.5) is 10.5 Å². The summed E-state index contributed by atoms with van der Waals surface area (Å²) in [4.78, 5) is 16.3. The number of hydrogen-bond acceptors (Lipinski definition) is 3. The molecule has 23 heavy (non-hydrogen) atoms. The van der Waals surface area contributed by atoms with E-state index in [1.165, 1.54) is 11.3 Å². The van der Waals surface area contributed by atoms with Crippen LogP contribution >= 0.6 is 0 Å². The topological polar surface area (TPSA) is 32.8 Å². The first kappa shape index (κ1) is 17.6. The van der Waals surface area contributed by atoms with Gasteiger partial charge in [-0.25, -0.2) is 4.79 Å². The third kappa shape index (κ3) is 3.98. The maximum Gasteiger partial charge on any atom is 0.410 e. The summed E-state index contributed by atoms with van der Waals surface area (Å²) in [5, 5.41) is 0. The molecule has 4 nitrogen and oxygen atoms in total. The van der Waals surface area contributed by atoms with Crippen LogP contribution in [0.3, 0.4) is 0 Å². The molecule has 0 spiro atoms. The normalized spacial score (nSPS) is 22.2. The zero-order valence-electron chi connectivity index (χ0n) is 15.3. The van der Waals surface area contributed by atoms with Crippen LogP contribution in [0.25, 0.3) is 0 Å². The number of ether oxygens (including phenoxy) is 1. The van der Waals surface area contributed by atoms with Gasteiger partial charge in [0.25, 0.3) is 0 Å². The number of rotatable bonds is 2. The fourth-order valence-electron chi connectivity index (χ4n) is 3.26. The highest BCUT2D eigenvalue weighted by molar-refractivity contribution is 5.69. The highest BCUT2D eigenvalue weighted by atomic mass is 16.6. The molecule has 0 aromatic heterocycles. The highest BCUT2D eigenvalue weighted by Crippen LogP contribution is 2.27. The van der Waals surface area contributed by atoms with Gasteiger partial charge in [0, 0.05) is 18.8 Å². The second-order valence-corrected chi connectivity index (χ2v) is 7.51. The predicted molar refractivity (Wildman–Crippen MR) is 95.1 cm³/mol. The van der Waals surface area contributed by atoms with Crippen LogP contribution < -0.4 is 4.90 Å². The lowest BCUT2D eigenvalue weighted by atomic mass is 9.87. The Hall–Kier alpha value is -1.71. The van der Waals surface area contributed by atoms with Crippen molar-refractivity contribution in [1.29, 1.82) is 0 Å². The van der Waals surface area contributed by atoms with Crippen LogP contribution in [-0.2, 0) is 10.2 Å². The lowest BCUT2D eigenvalue weighted by Gasteiger charge is -2.44. The largest absolute Gasteiger partial charge is 0.450 e. The van der Waals surface area contributed by atoms with Gasteiger partial charge in [-0.3, -0.25) is 4.90 Å². The van der Waals surface area contributed by atoms with E-state index in [0.29, 0.717) is 6.61 Å². The molecule has 1 aromatic rings. The molecule has 1 heterocycles. The van der Waals surface area contributed by atoms with Crippen molar-refractivity contribution in [2.45, 2.75) is 59.0 Å². The Balaban J connectivity index is 2.11. The van der Waals surface area contributed by atoms with Crippen LogP contribution in [0.2, 0.25) is 0 Å².